The Bertz CT molecular complexity index is 664. The molecule has 0 saturated carbocycles. The van der Waals surface area contributed by atoms with Gasteiger partial charge in [-0.3, -0.25) is 9.80 Å². The Morgan fingerprint density at radius 1 is 1.00 bits per heavy atom. The third-order valence-electron chi connectivity index (χ3n) is 4.77. The van der Waals surface area contributed by atoms with Crippen molar-refractivity contribution in [3.8, 4) is 0 Å². The van der Waals surface area contributed by atoms with Crippen LogP contribution in [0.5, 0.6) is 0 Å². The van der Waals surface area contributed by atoms with E-state index in [-0.39, 0.29) is 5.41 Å². The van der Waals surface area contributed by atoms with E-state index in [4.69, 9.17) is 4.42 Å². The first-order valence-electron chi connectivity index (χ1n) is 8.86. The van der Waals surface area contributed by atoms with Gasteiger partial charge in [0.25, 0.3) is 0 Å². The summed E-state index contributed by atoms with van der Waals surface area (Å²) >= 11 is 0. The quantitative estimate of drug-likeness (QED) is 0.859. The highest BCUT2D eigenvalue weighted by molar-refractivity contribution is 5.25. The normalized spacial score (nSPS) is 17.3. The van der Waals surface area contributed by atoms with E-state index in [0.717, 1.165) is 50.9 Å². The van der Waals surface area contributed by atoms with Crippen molar-refractivity contribution in [1.82, 2.24) is 14.8 Å². The number of aromatic nitrogens is 1. The molecule has 2 heterocycles. The van der Waals surface area contributed by atoms with Gasteiger partial charge in [0.05, 0.1) is 12.7 Å². The van der Waals surface area contributed by atoms with E-state index >= 15 is 0 Å². The summed E-state index contributed by atoms with van der Waals surface area (Å²) in [6.07, 6.45) is 1.88. The monoisotopic (exact) mass is 327 g/mol. The Hall–Kier alpha value is -1.65. The summed E-state index contributed by atoms with van der Waals surface area (Å²) in [5, 5.41) is 0. The maximum Gasteiger partial charge on any atom is 0.208 e. The van der Waals surface area contributed by atoms with Crippen LogP contribution in [0.2, 0.25) is 0 Å². The van der Waals surface area contributed by atoms with Gasteiger partial charge < -0.3 is 4.42 Å². The lowest BCUT2D eigenvalue weighted by Gasteiger charge is -2.34. The van der Waals surface area contributed by atoms with Crippen molar-refractivity contribution < 1.29 is 4.42 Å². The number of rotatable bonds is 4. The molecule has 4 nitrogen and oxygen atoms in total. The predicted molar refractivity (Wildman–Crippen MR) is 96.9 cm³/mol. The van der Waals surface area contributed by atoms with Gasteiger partial charge in [0.2, 0.25) is 5.89 Å². The third kappa shape index (κ3) is 4.25. The number of nitrogens with zero attached hydrogens (tertiary/aromatic N) is 3. The first-order chi connectivity index (χ1) is 11.4. The number of hydrogen-bond donors (Lipinski definition) is 0. The van der Waals surface area contributed by atoms with Gasteiger partial charge in [0.1, 0.15) is 5.76 Å². The molecule has 3 rings (SSSR count). The molecule has 1 saturated heterocycles. The fourth-order valence-electron chi connectivity index (χ4n) is 3.06. The summed E-state index contributed by atoms with van der Waals surface area (Å²) in [5.41, 5.74) is 2.85. The molecule has 4 heteroatoms. The van der Waals surface area contributed by atoms with Crippen LogP contribution < -0.4 is 0 Å². The van der Waals surface area contributed by atoms with Crippen LogP contribution in [0.15, 0.2) is 34.9 Å². The second-order valence-corrected chi connectivity index (χ2v) is 7.85. The number of aryl methyl sites for hydroxylation is 1. The second-order valence-electron chi connectivity index (χ2n) is 7.85. The van der Waals surface area contributed by atoms with E-state index in [1.807, 2.05) is 6.20 Å². The molecule has 0 bridgehead atoms. The van der Waals surface area contributed by atoms with E-state index in [9.17, 15) is 0 Å². The summed E-state index contributed by atoms with van der Waals surface area (Å²) < 4.78 is 5.92. The van der Waals surface area contributed by atoms with Gasteiger partial charge in [-0.1, -0.05) is 45.0 Å². The molecule has 2 aromatic rings. The molecule has 0 radical (unpaired) electrons. The molecule has 24 heavy (non-hydrogen) atoms. The zero-order valence-electron chi connectivity index (χ0n) is 15.4. The van der Waals surface area contributed by atoms with Crippen molar-refractivity contribution in [2.75, 3.05) is 26.2 Å². The van der Waals surface area contributed by atoms with Crippen LogP contribution in [0.25, 0.3) is 0 Å². The molecule has 0 amide bonds. The van der Waals surface area contributed by atoms with Crippen molar-refractivity contribution in [2.24, 2.45) is 0 Å². The number of oxazole rings is 1. The average molecular weight is 327 g/mol. The first kappa shape index (κ1) is 17.2. The van der Waals surface area contributed by atoms with E-state index in [2.05, 4.69) is 66.7 Å². The van der Waals surface area contributed by atoms with Crippen LogP contribution >= 0.6 is 0 Å². The van der Waals surface area contributed by atoms with Crippen molar-refractivity contribution in [3.63, 3.8) is 0 Å². The molecule has 1 aromatic heterocycles. The van der Waals surface area contributed by atoms with E-state index in [0.29, 0.717) is 0 Å². The maximum atomic E-state index is 5.92. The largest absolute Gasteiger partial charge is 0.444 e. The highest BCUT2D eigenvalue weighted by Crippen LogP contribution is 2.23. The predicted octanol–water partition coefficient (Wildman–Crippen LogP) is 3.60. The van der Waals surface area contributed by atoms with Crippen LogP contribution in [0.4, 0.5) is 0 Å². The average Bonchev–Trinajstić information content (AvgIpc) is 3.00. The van der Waals surface area contributed by atoms with Gasteiger partial charge in [-0.05, 0) is 18.1 Å². The molecule has 1 aromatic carbocycles. The Kier molecular flexibility index (Phi) is 5.07. The minimum atomic E-state index is 0.0253. The summed E-state index contributed by atoms with van der Waals surface area (Å²) in [6.45, 7) is 14.9. The van der Waals surface area contributed by atoms with Crippen LogP contribution in [-0.2, 0) is 18.5 Å². The number of benzene rings is 1. The standard InChI is InChI=1S/C20H29N3O/c1-16-7-5-6-8-17(16)14-22-9-11-23(12-10-22)15-19-21-13-18(24-19)20(2,3)4/h5-8,13H,9-12,14-15H2,1-4H3. The molecular weight excluding hydrogens is 298 g/mol. The van der Waals surface area contributed by atoms with Crippen molar-refractivity contribution in [2.45, 2.75) is 46.2 Å². The van der Waals surface area contributed by atoms with Crippen LogP contribution in [0, 0.1) is 6.92 Å². The summed E-state index contributed by atoms with van der Waals surface area (Å²) in [6, 6.07) is 8.68. The number of hydrogen-bond acceptors (Lipinski definition) is 4. The second kappa shape index (κ2) is 7.08. The molecule has 0 unspecified atom stereocenters. The minimum Gasteiger partial charge on any atom is -0.444 e. The highest BCUT2D eigenvalue weighted by Gasteiger charge is 2.22. The molecule has 130 valence electrons. The molecule has 1 aliphatic heterocycles. The van der Waals surface area contributed by atoms with Crippen molar-refractivity contribution in [1.29, 1.82) is 0 Å². The molecule has 0 N–H and O–H groups in total. The Balaban J connectivity index is 1.50. The van der Waals surface area contributed by atoms with Gasteiger partial charge in [-0.2, -0.15) is 0 Å². The SMILES string of the molecule is Cc1ccccc1CN1CCN(Cc2ncc(C(C)(C)C)o2)CC1. The summed E-state index contributed by atoms with van der Waals surface area (Å²) in [5.74, 6) is 1.81. The van der Waals surface area contributed by atoms with Gasteiger partial charge in [-0.25, -0.2) is 4.98 Å². The lowest BCUT2D eigenvalue weighted by Crippen LogP contribution is -2.45. The van der Waals surface area contributed by atoms with Gasteiger partial charge >= 0.3 is 0 Å². The van der Waals surface area contributed by atoms with E-state index < -0.39 is 0 Å². The fourth-order valence-corrected chi connectivity index (χ4v) is 3.06. The third-order valence-corrected chi connectivity index (χ3v) is 4.77. The lowest BCUT2D eigenvalue weighted by molar-refractivity contribution is 0.113. The van der Waals surface area contributed by atoms with E-state index in [1.54, 1.807) is 0 Å². The fraction of sp³-hybridized carbons (Fsp3) is 0.550. The van der Waals surface area contributed by atoms with Crippen LogP contribution in [-0.4, -0.2) is 41.0 Å². The number of piperazine rings is 1. The molecule has 0 atom stereocenters. The Morgan fingerprint density at radius 3 is 2.21 bits per heavy atom. The Morgan fingerprint density at radius 2 is 1.62 bits per heavy atom. The Labute approximate surface area is 145 Å². The van der Waals surface area contributed by atoms with Crippen molar-refractivity contribution in [3.05, 3.63) is 53.2 Å². The van der Waals surface area contributed by atoms with Crippen LogP contribution in [0.1, 0.15) is 43.5 Å². The zero-order valence-corrected chi connectivity index (χ0v) is 15.4. The molecule has 1 fully saturated rings. The molecule has 0 aliphatic carbocycles. The summed E-state index contributed by atoms with van der Waals surface area (Å²) in [7, 11) is 0. The summed E-state index contributed by atoms with van der Waals surface area (Å²) in [4.78, 5) is 9.43. The first-order valence-corrected chi connectivity index (χ1v) is 8.86. The lowest BCUT2D eigenvalue weighted by atomic mass is 9.94. The maximum absolute atomic E-state index is 5.92. The molecular formula is C20H29N3O. The smallest absolute Gasteiger partial charge is 0.208 e. The van der Waals surface area contributed by atoms with Gasteiger partial charge in [-0.15, -0.1) is 0 Å². The van der Waals surface area contributed by atoms with Gasteiger partial charge in [0, 0.05) is 38.1 Å². The van der Waals surface area contributed by atoms with Crippen LogP contribution in [0.3, 0.4) is 0 Å². The zero-order chi connectivity index (χ0) is 17.2. The molecule has 1 aliphatic rings. The van der Waals surface area contributed by atoms with Gasteiger partial charge in [0.15, 0.2) is 0 Å². The topological polar surface area (TPSA) is 32.5 Å². The van der Waals surface area contributed by atoms with Crippen molar-refractivity contribution >= 4 is 0 Å². The minimum absolute atomic E-state index is 0.0253. The molecule has 0 spiro atoms. The highest BCUT2D eigenvalue weighted by atomic mass is 16.4. The van der Waals surface area contributed by atoms with E-state index in [1.165, 1.54) is 11.1 Å².